The fourth-order valence-corrected chi connectivity index (χ4v) is 4.59. The lowest BCUT2D eigenvalue weighted by Crippen LogP contribution is -2.39. The van der Waals surface area contributed by atoms with E-state index in [-0.39, 0.29) is 28.7 Å². The van der Waals surface area contributed by atoms with E-state index < -0.39 is 9.84 Å². The first-order valence-corrected chi connectivity index (χ1v) is 10.8. The van der Waals surface area contributed by atoms with Crippen LogP contribution in [0.1, 0.15) is 18.4 Å². The molecule has 0 aromatic heterocycles. The van der Waals surface area contributed by atoms with Gasteiger partial charge in [-0.2, -0.15) is 0 Å². The van der Waals surface area contributed by atoms with Crippen LogP contribution in [0.3, 0.4) is 0 Å². The molecule has 1 aliphatic carbocycles. The molecule has 1 aliphatic heterocycles. The Hall–Kier alpha value is -1.37. The van der Waals surface area contributed by atoms with Gasteiger partial charge in [0.1, 0.15) is 0 Å². The summed E-state index contributed by atoms with van der Waals surface area (Å²) in [7, 11) is -2.85. The number of hydrogen-bond donors (Lipinski definition) is 1. The third-order valence-electron chi connectivity index (χ3n) is 4.71. The van der Waals surface area contributed by atoms with E-state index in [1.165, 1.54) is 0 Å². The molecule has 7 heteroatoms. The van der Waals surface area contributed by atoms with E-state index in [2.05, 4.69) is 10.2 Å². The van der Waals surface area contributed by atoms with Crippen molar-refractivity contribution in [3.05, 3.63) is 42.0 Å². The van der Waals surface area contributed by atoms with Gasteiger partial charge in [0.25, 0.3) is 0 Å². The van der Waals surface area contributed by atoms with Crippen LogP contribution in [0.25, 0.3) is 0 Å². The molecule has 5 nitrogen and oxygen atoms in total. The van der Waals surface area contributed by atoms with Crippen molar-refractivity contribution in [2.24, 2.45) is 5.92 Å². The molecule has 1 aromatic rings. The maximum atomic E-state index is 12.3. The SMILES string of the molecule is O=C(Nc1ccc(CN2CCS(=O)(=O)CC2)cc1)C1C=CC(Cl)CC1. The minimum Gasteiger partial charge on any atom is -0.326 e. The Labute approximate surface area is 154 Å². The summed E-state index contributed by atoms with van der Waals surface area (Å²) < 4.78 is 22.9. The Balaban J connectivity index is 1.52. The van der Waals surface area contributed by atoms with Crippen molar-refractivity contribution in [1.29, 1.82) is 0 Å². The average molecular weight is 383 g/mol. The van der Waals surface area contributed by atoms with E-state index in [9.17, 15) is 13.2 Å². The Morgan fingerprint density at radius 3 is 2.40 bits per heavy atom. The van der Waals surface area contributed by atoms with Crippen molar-refractivity contribution in [2.45, 2.75) is 24.8 Å². The molecule has 2 aliphatic rings. The summed E-state index contributed by atoms with van der Waals surface area (Å²) in [6.45, 7) is 1.89. The van der Waals surface area contributed by atoms with Gasteiger partial charge in [-0.15, -0.1) is 11.6 Å². The number of benzene rings is 1. The molecular weight excluding hydrogens is 360 g/mol. The lowest BCUT2D eigenvalue weighted by molar-refractivity contribution is -0.118. The molecule has 3 rings (SSSR count). The van der Waals surface area contributed by atoms with Crippen LogP contribution in [0.5, 0.6) is 0 Å². The minimum absolute atomic E-state index is 0.00574. The van der Waals surface area contributed by atoms with E-state index in [0.717, 1.165) is 30.6 Å². The summed E-state index contributed by atoms with van der Waals surface area (Å²) in [5, 5.41) is 2.98. The molecule has 1 fully saturated rings. The minimum atomic E-state index is -2.85. The zero-order valence-electron chi connectivity index (χ0n) is 14.0. The van der Waals surface area contributed by atoms with Crippen molar-refractivity contribution < 1.29 is 13.2 Å². The van der Waals surface area contributed by atoms with Crippen LogP contribution in [-0.4, -0.2) is 49.2 Å². The zero-order chi connectivity index (χ0) is 17.9. The lowest BCUT2D eigenvalue weighted by atomic mass is 9.95. The highest BCUT2D eigenvalue weighted by molar-refractivity contribution is 7.91. The number of carbonyl (C=O) groups is 1. The summed E-state index contributed by atoms with van der Waals surface area (Å²) in [6.07, 6.45) is 5.36. The molecule has 0 spiro atoms. The summed E-state index contributed by atoms with van der Waals surface area (Å²) >= 11 is 6.00. The quantitative estimate of drug-likeness (QED) is 0.641. The van der Waals surface area contributed by atoms with Gasteiger partial charge >= 0.3 is 0 Å². The van der Waals surface area contributed by atoms with Crippen LogP contribution in [-0.2, 0) is 21.2 Å². The fraction of sp³-hybridized carbons (Fsp3) is 0.500. The first-order chi connectivity index (χ1) is 11.9. The van der Waals surface area contributed by atoms with Gasteiger partial charge in [0.05, 0.1) is 22.8 Å². The fourth-order valence-electron chi connectivity index (χ4n) is 3.10. The van der Waals surface area contributed by atoms with Gasteiger partial charge in [0.15, 0.2) is 9.84 Å². The van der Waals surface area contributed by atoms with E-state index in [1.807, 2.05) is 36.4 Å². The maximum Gasteiger partial charge on any atom is 0.231 e. The van der Waals surface area contributed by atoms with Crippen LogP contribution < -0.4 is 5.32 Å². The molecule has 1 aromatic carbocycles. The monoisotopic (exact) mass is 382 g/mol. The van der Waals surface area contributed by atoms with E-state index in [4.69, 9.17) is 11.6 Å². The van der Waals surface area contributed by atoms with Gasteiger partial charge in [0.2, 0.25) is 5.91 Å². The van der Waals surface area contributed by atoms with Gasteiger partial charge < -0.3 is 5.32 Å². The number of nitrogens with one attached hydrogen (secondary N) is 1. The van der Waals surface area contributed by atoms with Crippen molar-refractivity contribution in [1.82, 2.24) is 4.90 Å². The molecule has 1 amide bonds. The van der Waals surface area contributed by atoms with Gasteiger partial charge in [-0.3, -0.25) is 9.69 Å². The van der Waals surface area contributed by atoms with Gasteiger partial charge in [-0.25, -0.2) is 8.42 Å². The van der Waals surface area contributed by atoms with E-state index >= 15 is 0 Å². The highest BCUT2D eigenvalue weighted by atomic mass is 35.5. The standard InChI is InChI=1S/C18H23ClN2O3S/c19-16-5-3-15(4-6-16)18(22)20-17-7-1-14(2-8-17)13-21-9-11-25(23,24)12-10-21/h1-3,5,7-8,15-16H,4,6,9-13H2,(H,20,22). The number of nitrogens with zero attached hydrogens (tertiary/aromatic N) is 1. The van der Waals surface area contributed by atoms with E-state index in [0.29, 0.717) is 13.1 Å². The van der Waals surface area contributed by atoms with Gasteiger partial charge in [-0.05, 0) is 30.5 Å². The predicted octanol–water partition coefficient (Wildman–Crippen LogP) is 2.43. The first-order valence-electron chi connectivity index (χ1n) is 8.56. The average Bonchev–Trinajstić information content (AvgIpc) is 2.59. The van der Waals surface area contributed by atoms with Crippen molar-refractivity contribution in [3.63, 3.8) is 0 Å². The number of hydrogen-bond acceptors (Lipinski definition) is 4. The molecule has 0 radical (unpaired) electrons. The number of rotatable bonds is 4. The molecule has 25 heavy (non-hydrogen) atoms. The molecule has 2 unspecified atom stereocenters. The molecule has 2 atom stereocenters. The number of anilines is 1. The Morgan fingerprint density at radius 1 is 1.12 bits per heavy atom. The van der Waals surface area contributed by atoms with Crippen molar-refractivity contribution in [3.8, 4) is 0 Å². The smallest absolute Gasteiger partial charge is 0.231 e. The zero-order valence-corrected chi connectivity index (χ0v) is 15.6. The van der Waals surface area contributed by atoms with Crippen molar-refractivity contribution >= 4 is 33.0 Å². The van der Waals surface area contributed by atoms with E-state index in [1.54, 1.807) is 0 Å². The van der Waals surface area contributed by atoms with Crippen LogP contribution in [0, 0.1) is 5.92 Å². The number of carbonyl (C=O) groups excluding carboxylic acids is 1. The lowest BCUT2D eigenvalue weighted by Gasteiger charge is -2.26. The van der Waals surface area contributed by atoms with Gasteiger partial charge in [0, 0.05) is 25.3 Å². The topological polar surface area (TPSA) is 66.5 Å². The van der Waals surface area contributed by atoms with Crippen molar-refractivity contribution in [2.75, 3.05) is 29.9 Å². The predicted molar refractivity (Wildman–Crippen MR) is 101 cm³/mol. The molecule has 1 saturated heterocycles. The molecule has 1 heterocycles. The molecular formula is C18H23ClN2O3S. The largest absolute Gasteiger partial charge is 0.326 e. The van der Waals surface area contributed by atoms with Crippen LogP contribution in [0.4, 0.5) is 5.69 Å². The Bertz CT molecular complexity index is 732. The second-order valence-electron chi connectivity index (χ2n) is 6.70. The normalized spacial score (nSPS) is 26.3. The number of amides is 1. The summed E-state index contributed by atoms with van der Waals surface area (Å²) in [5.41, 5.74) is 1.89. The third kappa shape index (κ3) is 5.30. The Morgan fingerprint density at radius 2 is 1.80 bits per heavy atom. The molecule has 0 saturated carbocycles. The van der Waals surface area contributed by atoms with Crippen LogP contribution in [0.2, 0.25) is 0 Å². The molecule has 1 N–H and O–H groups in total. The first kappa shape index (κ1) is 18.4. The maximum absolute atomic E-state index is 12.3. The molecule has 136 valence electrons. The summed E-state index contributed by atoms with van der Waals surface area (Å²) in [5.74, 6) is 0.345. The number of sulfone groups is 1. The summed E-state index contributed by atoms with van der Waals surface area (Å²) in [6, 6.07) is 7.74. The number of halogens is 1. The number of alkyl halides is 1. The highest BCUT2D eigenvalue weighted by Gasteiger charge is 2.22. The van der Waals surface area contributed by atoms with Crippen LogP contribution in [0.15, 0.2) is 36.4 Å². The van der Waals surface area contributed by atoms with Gasteiger partial charge in [-0.1, -0.05) is 24.3 Å². The summed E-state index contributed by atoms with van der Waals surface area (Å²) in [4.78, 5) is 14.4. The number of allylic oxidation sites excluding steroid dienone is 1. The molecule has 0 bridgehead atoms. The van der Waals surface area contributed by atoms with Crippen LogP contribution >= 0.6 is 11.6 Å². The highest BCUT2D eigenvalue weighted by Crippen LogP contribution is 2.23. The third-order valence-corrected chi connectivity index (χ3v) is 6.68. The second-order valence-corrected chi connectivity index (χ2v) is 9.56. The second kappa shape index (κ2) is 7.89. The Kier molecular flexibility index (Phi) is 5.81.